The summed E-state index contributed by atoms with van der Waals surface area (Å²) in [5.41, 5.74) is 6.56. The summed E-state index contributed by atoms with van der Waals surface area (Å²) in [7, 11) is 1.45. The number of ether oxygens (including phenoxy) is 1. The van der Waals surface area contributed by atoms with Crippen LogP contribution in [0.1, 0.15) is 15.9 Å². The number of para-hydroxylation sites is 1. The first kappa shape index (κ1) is 14.6. The molecule has 0 saturated heterocycles. The molecule has 21 heavy (non-hydrogen) atoms. The monoisotopic (exact) mass is 302 g/mol. The standard InChI is InChI=1S/C14H11ClN4O2/c1-21-11-4-2-3-8(6-16)12(11)19-14(20)10-5-9(17)7-18-13(10)15/h2-5,7H,17H2,1H3,(H,19,20). The molecule has 0 radical (unpaired) electrons. The predicted octanol–water partition coefficient (Wildman–Crippen LogP) is 2.45. The zero-order chi connectivity index (χ0) is 15.4. The summed E-state index contributed by atoms with van der Waals surface area (Å²) in [4.78, 5) is 16.1. The van der Waals surface area contributed by atoms with Gasteiger partial charge >= 0.3 is 0 Å². The van der Waals surface area contributed by atoms with E-state index in [1.54, 1.807) is 18.2 Å². The molecular formula is C14H11ClN4O2. The minimum atomic E-state index is -0.527. The maximum atomic E-state index is 12.3. The molecule has 2 aromatic rings. The number of anilines is 2. The number of nitrogens with one attached hydrogen (secondary N) is 1. The summed E-state index contributed by atoms with van der Waals surface area (Å²) < 4.78 is 5.14. The molecule has 0 atom stereocenters. The van der Waals surface area contributed by atoms with Gasteiger partial charge in [-0.05, 0) is 18.2 Å². The van der Waals surface area contributed by atoms with Crippen LogP contribution >= 0.6 is 11.6 Å². The molecule has 1 amide bonds. The van der Waals surface area contributed by atoms with Crippen molar-refractivity contribution in [1.29, 1.82) is 5.26 Å². The molecule has 0 aliphatic rings. The minimum Gasteiger partial charge on any atom is -0.495 e. The first-order valence-electron chi connectivity index (χ1n) is 5.86. The summed E-state index contributed by atoms with van der Waals surface area (Å²) in [6.07, 6.45) is 1.35. The van der Waals surface area contributed by atoms with Gasteiger partial charge in [-0.3, -0.25) is 4.79 Å². The van der Waals surface area contributed by atoms with E-state index in [9.17, 15) is 4.79 Å². The van der Waals surface area contributed by atoms with Crippen LogP contribution in [0.4, 0.5) is 11.4 Å². The molecule has 1 aromatic carbocycles. The molecule has 106 valence electrons. The molecular weight excluding hydrogens is 292 g/mol. The van der Waals surface area contributed by atoms with Crippen molar-refractivity contribution in [2.24, 2.45) is 0 Å². The number of methoxy groups -OCH3 is 1. The van der Waals surface area contributed by atoms with Crippen molar-refractivity contribution in [1.82, 2.24) is 4.98 Å². The maximum Gasteiger partial charge on any atom is 0.259 e. The van der Waals surface area contributed by atoms with Crippen molar-refractivity contribution in [3.63, 3.8) is 0 Å². The predicted molar refractivity (Wildman–Crippen MR) is 79.3 cm³/mol. The highest BCUT2D eigenvalue weighted by atomic mass is 35.5. The van der Waals surface area contributed by atoms with Crippen LogP contribution in [-0.2, 0) is 0 Å². The lowest BCUT2D eigenvalue weighted by Crippen LogP contribution is -2.15. The fourth-order valence-corrected chi connectivity index (χ4v) is 1.92. The van der Waals surface area contributed by atoms with E-state index in [0.717, 1.165) is 0 Å². The van der Waals surface area contributed by atoms with Crippen LogP contribution in [0.15, 0.2) is 30.5 Å². The number of aromatic nitrogens is 1. The number of carbonyl (C=O) groups excluding carboxylic acids is 1. The highest BCUT2D eigenvalue weighted by Crippen LogP contribution is 2.29. The number of halogens is 1. The van der Waals surface area contributed by atoms with Gasteiger partial charge < -0.3 is 15.8 Å². The van der Waals surface area contributed by atoms with Gasteiger partial charge in [-0.2, -0.15) is 5.26 Å². The van der Waals surface area contributed by atoms with Gasteiger partial charge in [0, 0.05) is 0 Å². The molecule has 0 fully saturated rings. The maximum absolute atomic E-state index is 12.3. The third-order valence-corrected chi connectivity index (χ3v) is 3.01. The molecule has 7 heteroatoms. The quantitative estimate of drug-likeness (QED) is 0.848. The topological polar surface area (TPSA) is 101 Å². The number of nitrogens with zero attached hydrogens (tertiary/aromatic N) is 2. The summed E-state index contributed by atoms with van der Waals surface area (Å²) in [5.74, 6) is -0.156. The Balaban J connectivity index is 2.41. The third-order valence-electron chi connectivity index (χ3n) is 2.71. The first-order valence-corrected chi connectivity index (χ1v) is 6.24. The molecule has 0 saturated carbocycles. The molecule has 0 aliphatic carbocycles. The van der Waals surface area contributed by atoms with E-state index in [1.807, 2.05) is 6.07 Å². The lowest BCUT2D eigenvalue weighted by atomic mass is 10.1. The summed E-state index contributed by atoms with van der Waals surface area (Å²) >= 11 is 5.88. The van der Waals surface area contributed by atoms with Gasteiger partial charge in [0.05, 0.1) is 30.1 Å². The third kappa shape index (κ3) is 3.04. The molecule has 0 unspecified atom stereocenters. The minimum absolute atomic E-state index is 0.0232. The number of nitriles is 1. The lowest BCUT2D eigenvalue weighted by Gasteiger charge is -2.12. The van der Waals surface area contributed by atoms with Crippen LogP contribution in [0.5, 0.6) is 5.75 Å². The van der Waals surface area contributed by atoms with E-state index in [4.69, 9.17) is 27.3 Å². The second-order valence-electron chi connectivity index (χ2n) is 4.06. The van der Waals surface area contributed by atoms with Crippen LogP contribution in [-0.4, -0.2) is 18.0 Å². The molecule has 0 aliphatic heterocycles. The van der Waals surface area contributed by atoms with Crippen LogP contribution in [0.2, 0.25) is 5.15 Å². The molecule has 6 nitrogen and oxygen atoms in total. The second-order valence-corrected chi connectivity index (χ2v) is 4.41. The SMILES string of the molecule is COc1cccc(C#N)c1NC(=O)c1cc(N)cnc1Cl. The van der Waals surface area contributed by atoms with Crippen molar-refractivity contribution in [2.45, 2.75) is 0 Å². The van der Waals surface area contributed by atoms with Gasteiger partial charge in [-0.25, -0.2) is 4.98 Å². The molecule has 1 heterocycles. The largest absolute Gasteiger partial charge is 0.495 e. The van der Waals surface area contributed by atoms with E-state index >= 15 is 0 Å². The smallest absolute Gasteiger partial charge is 0.259 e. The Hall–Kier alpha value is -2.78. The van der Waals surface area contributed by atoms with Gasteiger partial charge in [-0.1, -0.05) is 17.7 Å². The summed E-state index contributed by atoms with van der Waals surface area (Å²) in [5, 5.41) is 11.7. The summed E-state index contributed by atoms with van der Waals surface area (Å²) in [6, 6.07) is 8.25. The Labute approximate surface area is 126 Å². The van der Waals surface area contributed by atoms with Crippen LogP contribution < -0.4 is 15.8 Å². The van der Waals surface area contributed by atoms with Gasteiger partial charge in [0.25, 0.3) is 5.91 Å². The van der Waals surface area contributed by atoms with Gasteiger partial charge in [0.15, 0.2) is 0 Å². The Morgan fingerprint density at radius 2 is 2.29 bits per heavy atom. The molecule has 1 aromatic heterocycles. The number of hydrogen-bond donors (Lipinski definition) is 2. The normalized spacial score (nSPS) is 9.76. The number of nitrogens with two attached hydrogens (primary N) is 1. The average molecular weight is 303 g/mol. The Morgan fingerprint density at radius 3 is 2.95 bits per heavy atom. The van der Waals surface area contributed by atoms with Gasteiger partial charge in [0.1, 0.15) is 22.7 Å². The highest BCUT2D eigenvalue weighted by Gasteiger charge is 2.16. The van der Waals surface area contributed by atoms with E-state index < -0.39 is 5.91 Å². The average Bonchev–Trinajstić information content (AvgIpc) is 2.49. The molecule has 0 bridgehead atoms. The fourth-order valence-electron chi connectivity index (χ4n) is 1.73. The number of carbonyl (C=O) groups is 1. The molecule has 0 spiro atoms. The fraction of sp³-hybridized carbons (Fsp3) is 0.0714. The number of pyridine rings is 1. The molecule has 2 rings (SSSR count). The van der Waals surface area contributed by atoms with Gasteiger partial charge in [-0.15, -0.1) is 0 Å². The number of rotatable bonds is 3. The van der Waals surface area contributed by atoms with Crippen molar-refractivity contribution in [3.8, 4) is 11.8 Å². The van der Waals surface area contributed by atoms with Crippen LogP contribution in [0, 0.1) is 11.3 Å². The zero-order valence-electron chi connectivity index (χ0n) is 11.1. The van der Waals surface area contributed by atoms with Gasteiger partial charge in [0.2, 0.25) is 0 Å². The van der Waals surface area contributed by atoms with Crippen LogP contribution in [0.25, 0.3) is 0 Å². The Kier molecular flexibility index (Phi) is 4.26. The Morgan fingerprint density at radius 1 is 1.52 bits per heavy atom. The van der Waals surface area contributed by atoms with Crippen molar-refractivity contribution >= 4 is 28.9 Å². The Bertz CT molecular complexity index is 740. The summed E-state index contributed by atoms with van der Waals surface area (Å²) in [6.45, 7) is 0. The lowest BCUT2D eigenvalue weighted by molar-refractivity contribution is 0.102. The van der Waals surface area contributed by atoms with Crippen molar-refractivity contribution < 1.29 is 9.53 Å². The van der Waals surface area contributed by atoms with Crippen molar-refractivity contribution in [2.75, 3.05) is 18.2 Å². The highest BCUT2D eigenvalue weighted by molar-refractivity contribution is 6.33. The van der Waals surface area contributed by atoms with E-state index in [1.165, 1.54) is 19.4 Å². The molecule has 3 N–H and O–H groups in total. The number of benzene rings is 1. The second kappa shape index (κ2) is 6.11. The van der Waals surface area contributed by atoms with Crippen LogP contribution in [0.3, 0.4) is 0 Å². The number of hydrogen-bond acceptors (Lipinski definition) is 5. The van der Waals surface area contributed by atoms with E-state index in [-0.39, 0.29) is 22.0 Å². The number of nitrogen functional groups attached to an aromatic ring is 1. The van der Waals surface area contributed by atoms with E-state index in [0.29, 0.717) is 11.4 Å². The zero-order valence-corrected chi connectivity index (χ0v) is 11.8. The number of amides is 1. The first-order chi connectivity index (χ1) is 10.1. The van der Waals surface area contributed by atoms with Crippen molar-refractivity contribution in [3.05, 3.63) is 46.7 Å². The van der Waals surface area contributed by atoms with E-state index in [2.05, 4.69) is 10.3 Å².